The molecule has 0 spiro atoms. The molecule has 0 radical (unpaired) electrons. The van der Waals surface area contributed by atoms with E-state index in [2.05, 4.69) is 15.0 Å². The topological polar surface area (TPSA) is 88.1 Å². The maximum atomic E-state index is 11.7. The summed E-state index contributed by atoms with van der Waals surface area (Å²) in [7, 11) is 1.52. The molecule has 1 saturated carbocycles. The molecule has 0 unspecified atom stereocenters. The number of methoxy groups -OCH3 is 1. The van der Waals surface area contributed by atoms with E-state index >= 15 is 0 Å². The van der Waals surface area contributed by atoms with Crippen LogP contribution in [0.2, 0.25) is 0 Å². The zero-order valence-corrected chi connectivity index (χ0v) is 10.6. The number of nitrogens with one attached hydrogen (secondary N) is 1. The Hall–Kier alpha value is -2.11. The van der Waals surface area contributed by atoms with Gasteiger partial charge in [0.05, 0.1) is 18.7 Å². The standard InChI is InChI=1S/C13H15N3O3/c1-19-9-7-14-10-8(6-15-11(10)16-9)13(12(17)18)4-2-3-5-13/h6-7H,2-5H2,1H3,(H,15,16)(H,17,18). The number of carbonyl (C=O) groups is 1. The summed E-state index contributed by atoms with van der Waals surface area (Å²) in [6, 6.07) is 0. The van der Waals surface area contributed by atoms with Gasteiger partial charge in [-0.25, -0.2) is 4.98 Å². The lowest BCUT2D eigenvalue weighted by Gasteiger charge is -2.22. The lowest BCUT2D eigenvalue weighted by atomic mass is 9.80. The summed E-state index contributed by atoms with van der Waals surface area (Å²) in [5.41, 5.74) is 1.12. The van der Waals surface area contributed by atoms with Crippen LogP contribution >= 0.6 is 0 Å². The Morgan fingerprint density at radius 2 is 2.21 bits per heavy atom. The van der Waals surface area contributed by atoms with Crippen molar-refractivity contribution in [1.82, 2.24) is 15.0 Å². The molecule has 2 aromatic rings. The zero-order chi connectivity index (χ0) is 13.5. The highest BCUT2D eigenvalue weighted by Crippen LogP contribution is 2.43. The Balaban J connectivity index is 2.17. The van der Waals surface area contributed by atoms with Gasteiger partial charge >= 0.3 is 5.97 Å². The molecule has 0 aromatic carbocycles. The number of H-pyrrole nitrogens is 1. The molecule has 0 atom stereocenters. The fraction of sp³-hybridized carbons (Fsp3) is 0.462. The Bertz CT molecular complexity index is 629. The first-order valence-corrected chi connectivity index (χ1v) is 6.29. The Kier molecular flexibility index (Phi) is 2.66. The fourth-order valence-electron chi connectivity index (χ4n) is 2.92. The molecule has 1 aliphatic rings. The van der Waals surface area contributed by atoms with Crippen LogP contribution in [0.25, 0.3) is 11.2 Å². The highest BCUT2D eigenvalue weighted by Gasteiger charge is 2.45. The third kappa shape index (κ3) is 1.67. The lowest BCUT2D eigenvalue weighted by molar-refractivity contribution is -0.143. The molecular weight excluding hydrogens is 246 g/mol. The first kappa shape index (κ1) is 12.0. The number of fused-ring (bicyclic) bond motifs is 1. The van der Waals surface area contributed by atoms with Crippen LogP contribution in [0.4, 0.5) is 0 Å². The van der Waals surface area contributed by atoms with Gasteiger partial charge in [0.25, 0.3) is 0 Å². The molecule has 6 nitrogen and oxygen atoms in total. The van der Waals surface area contributed by atoms with E-state index in [4.69, 9.17) is 4.74 Å². The average Bonchev–Trinajstić information content (AvgIpc) is 3.04. The quantitative estimate of drug-likeness (QED) is 0.880. The Morgan fingerprint density at radius 1 is 1.47 bits per heavy atom. The second kappa shape index (κ2) is 4.22. The van der Waals surface area contributed by atoms with Gasteiger partial charge in [-0.1, -0.05) is 12.8 Å². The summed E-state index contributed by atoms with van der Waals surface area (Å²) >= 11 is 0. The predicted molar refractivity (Wildman–Crippen MR) is 68.2 cm³/mol. The summed E-state index contributed by atoms with van der Waals surface area (Å²) in [6.45, 7) is 0. The van der Waals surface area contributed by atoms with Crippen molar-refractivity contribution in [3.05, 3.63) is 18.0 Å². The number of ether oxygens (including phenoxy) is 1. The fourth-order valence-corrected chi connectivity index (χ4v) is 2.92. The Labute approximate surface area is 109 Å². The van der Waals surface area contributed by atoms with Crippen LogP contribution in [0.5, 0.6) is 5.88 Å². The van der Waals surface area contributed by atoms with Crippen molar-refractivity contribution in [3.8, 4) is 5.88 Å². The first-order valence-electron chi connectivity index (χ1n) is 6.29. The minimum absolute atomic E-state index is 0.414. The second-order valence-electron chi connectivity index (χ2n) is 4.91. The smallest absolute Gasteiger partial charge is 0.314 e. The number of rotatable bonds is 3. The van der Waals surface area contributed by atoms with Gasteiger partial charge in [0.2, 0.25) is 5.88 Å². The van der Waals surface area contributed by atoms with Crippen molar-refractivity contribution in [2.45, 2.75) is 31.1 Å². The van der Waals surface area contributed by atoms with Gasteiger partial charge in [-0.15, -0.1) is 0 Å². The van der Waals surface area contributed by atoms with Crippen molar-refractivity contribution in [2.75, 3.05) is 7.11 Å². The average molecular weight is 261 g/mol. The highest BCUT2D eigenvalue weighted by atomic mass is 16.5. The number of aromatic nitrogens is 3. The molecule has 100 valence electrons. The maximum Gasteiger partial charge on any atom is 0.314 e. The number of carboxylic acids is 1. The molecule has 1 aliphatic carbocycles. The van der Waals surface area contributed by atoms with Crippen LogP contribution in [0.3, 0.4) is 0 Å². The second-order valence-corrected chi connectivity index (χ2v) is 4.91. The van der Waals surface area contributed by atoms with Gasteiger partial charge < -0.3 is 14.8 Å². The normalized spacial score (nSPS) is 17.7. The lowest BCUT2D eigenvalue weighted by Crippen LogP contribution is -2.32. The monoisotopic (exact) mass is 261 g/mol. The maximum absolute atomic E-state index is 11.7. The van der Waals surface area contributed by atoms with Crippen LogP contribution in [0, 0.1) is 0 Å². The number of aliphatic carboxylic acids is 1. The van der Waals surface area contributed by atoms with E-state index < -0.39 is 11.4 Å². The molecule has 1 fully saturated rings. The third-order valence-electron chi connectivity index (χ3n) is 3.95. The van der Waals surface area contributed by atoms with E-state index in [0.717, 1.165) is 18.4 Å². The molecule has 19 heavy (non-hydrogen) atoms. The highest BCUT2D eigenvalue weighted by molar-refractivity contribution is 5.89. The van der Waals surface area contributed by atoms with Crippen molar-refractivity contribution < 1.29 is 14.6 Å². The number of hydrogen-bond donors (Lipinski definition) is 2. The number of aromatic amines is 1. The van der Waals surface area contributed by atoms with Crippen molar-refractivity contribution in [1.29, 1.82) is 0 Å². The molecule has 0 bridgehead atoms. The van der Waals surface area contributed by atoms with E-state index in [1.54, 1.807) is 6.20 Å². The summed E-state index contributed by atoms with van der Waals surface area (Å²) in [6.07, 6.45) is 6.42. The van der Waals surface area contributed by atoms with Gasteiger partial charge in [0.1, 0.15) is 5.52 Å². The number of carboxylic acid groups (broad SMARTS) is 1. The molecule has 0 amide bonds. The summed E-state index contributed by atoms with van der Waals surface area (Å²) in [5.74, 6) is -0.361. The predicted octanol–water partition coefficient (Wildman–Crippen LogP) is 1.86. The van der Waals surface area contributed by atoms with E-state index in [0.29, 0.717) is 29.9 Å². The van der Waals surface area contributed by atoms with Crippen molar-refractivity contribution >= 4 is 17.1 Å². The van der Waals surface area contributed by atoms with Gasteiger partial charge in [-0.05, 0) is 12.8 Å². The van der Waals surface area contributed by atoms with Crippen LogP contribution in [-0.2, 0) is 10.2 Å². The molecule has 2 N–H and O–H groups in total. The van der Waals surface area contributed by atoms with E-state index in [-0.39, 0.29) is 0 Å². The van der Waals surface area contributed by atoms with Gasteiger partial charge in [-0.2, -0.15) is 4.98 Å². The van der Waals surface area contributed by atoms with Crippen LogP contribution in [-0.4, -0.2) is 33.1 Å². The number of hydrogen-bond acceptors (Lipinski definition) is 4. The van der Waals surface area contributed by atoms with Gasteiger partial charge in [0, 0.05) is 11.8 Å². The largest absolute Gasteiger partial charge is 0.481 e. The summed E-state index contributed by atoms with van der Waals surface area (Å²) < 4.78 is 5.02. The summed E-state index contributed by atoms with van der Waals surface area (Å²) in [5, 5.41) is 9.61. The minimum Gasteiger partial charge on any atom is -0.481 e. The van der Waals surface area contributed by atoms with Crippen molar-refractivity contribution in [2.24, 2.45) is 0 Å². The minimum atomic E-state index is -0.818. The van der Waals surface area contributed by atoms with E-state index in [1.807, 2.05) is 0 Å². The molecular formula is C13H15N3O3. The molecule has 6 heteroatoms. The van der Waals surface area contributed by atoms with Gasteiger partial charge in [-0.3, -0.25) is 4.79 Å². The molecule has 0 saturated heterocycles. The van der Waals surface area contributed by atoms with Crippen molar-refractivity contribution in [3.63, 3.8) is 0 Å². The SMILES string of the molecule is COc1cnc2c(C3(C(=O)O)CCCC3)c[nH]c2n1. The molecule has 0 aliphatic heterocycles. The summed E-state index contributed by atoms with van der Waals surface area (Å²) in [4.78, 5) is 23.2. The van der Waals surface area contributed by atoms with Gasteiger partial charge in [0.15, 0.2) is 5.65 Å². The first-order chi connectivity index (χ1) is 9.17. The number of nitrogens with zero attached hydrogens (tertiary/aromatic N) is 2. The van der Waals surface area contributed by atoms with Crippen LogP contribution in [0.15, 0.2) is 12.4 Å². The van der Waals surface area contributed by atoms with E-state index in [9.17, 15) is 9.90 Å². The third-order valence-corrected chi connectivity index (χ3v) is 3.95. The zero-order valence-electron chi connectivity index (χ0n) is 10.6. The molecule has 2 heterocycles. The van der Waals surface area contributed by atoms with Crippen LogP contribution < -0.4 is 4.74 Å². The molecule has 3 rings (SSSR count). The molecule has 2 aromatic heterocycles. The van der Waals surface area contributed by atoms with Crippen LogP contribution in [0.1, 0.15) is 31.2 Å². The Morgan fingerprint density at radius 3 is 2.84 bits per heavy atom. The van der Waals surface area contributed by atoms with E-state index in [1.165, 1.54) is 13.3 Å².